The summed E-state index contributed by atoms with van der Waals surface area (Å²) in [6, 6.07) is 14.8. The van der Waals surface area contributed by atoms with E-state index in [0.29, 0.717) is 29.0 Å². The number of urea groups is 1. The number of piperidine rings is 1. The molecule has 2 aromatic carbocycles. The van der Waals surface area contributed by atoms with Crippen LogP contribution in [0.5, 0.6) is 5.75 Å². The summed E-state index contributed by atoms with van der Waals surface area (Å²) < 4.78 is 10.4. The van der Waals surface area contributed by atoms with E-state index >= 15 is 0 Å². The first-order chi connectivity index (χ1) is 15.5. The van der Waals surface area contributed by atoms with Crippen LogP contribution >= 0.6 is 11.6 Å². The molecule has 1 aromatic heterocycles. The third-order valence-electron chi connectivity index (χ3n) is 5.59. The highest BCUT2D eigenvalue weighted by molar-refractivity contribution is 6.30. The quantitative estimate of drug-likeness (QED) is 0.578. The van der Waals surface area contributed by atoms with Crippen LogP contribution in [0.2, 0.25) is 5.02 Å². The highest BCUT2D eigenvalue weighted by Crippen LogP contribution is 2.29. The number of ether oxygens (including phenoxy) is 1. The molecule has 168 valence electrons. The van der Waals surface area contributed by atoms with E-state index in [1.807, 2.05) is 12.1 Å². The molecule has 1 aliphatic rings. The van der Waals surface area contributed by atoms with Gasteiger partial charge in [-0.15, -0.1) is 0 Å². The molecule has 2 amide bonds. The van der Waals surface area contributed by atoms with Crippen LogP contribution in [-0.2, 0) is 6.54 Å². The van der Waals surface area contributed by atoms with E-state index in [0.717, 1.165) is 30.8 Å². The van der Waals surface area contributed by atoms with Crippen LogP contribution < -0.4 is 15.4 Å². The summed E-state index contributed by atoms with van der Waals surface area (Å²) in [5.74, 6) is 2.12. The molecule has 1 aliphatic heterocycles. The van der Waals surface area contributed by atoms with Gasteiger partial charge in [-0.05, 0) is 48.4 Å². The zero-order valence-electron chi connectivity index (χ0n) is 18.0. The van der Waals surface area contributed by atoms with Crippen LogP contribution in [0.4, 0.5) is 10.5 Å². The Morgan fingerprint density at radius 3 is 2.62 bits per heavy atom. The second kappa shape index (κ2) is 10.0. The summed E-state index contributed by atoms with van der Waals surface area (Å²) in [7, 11) is 1.65. The average Bonchev–Trinajstić information content (AvgIpc) is 3.21. The lowest BCUT2D eigenvalue weighted by atomic mass is 9.86. The number of halogens is 1. The molecule has 9 heteroatoms. The van der Waals surface area contributed by atoms with E-state index in [1.54, 1.807) is 38.3 Å². The Bertz CT molecular complexity index is 1040. The number of aromatic nitrogens is 2. The van der Waals surface area contributed by atoms with Gasteiger partial charge >= 0.3 is 6.03 Å². The number of carbonyl (C=O) groups is 1. The molecule has 0 saturated carbocycles. The molecule has 0 spiro atoms. The number of hydrogen-bond donors (Lipinski definition) is 2. The molecule has 2 unspecified atom stereocenters. The van der Waals surface area contributed by atoms with Gasteiger partial charge in [-0.3, -0.25) is 4.90 Å². The number of nitrogens with zero attached hydrogens (tertiary/aromatic N) is 3. The molecule has 2 atom stereocenters. The van der Waals surface area contributed by atoms with Crippen molar-refractivity contribution in [2.24, 2.45) is 0 Å². The van der Waals surface area contributed by atoms with Crippen molar-refractivity contribution >= 4 is 23.3 Å². The van der Waals surface area contributed by atoms with Gasteiger partial charge in [0, 0.05) is 42.7 Å². The Kier molecular flexibility index (Phi) is 6.92. The van der Waals surface area contributed by atoms with Gasteiger partial charge in [0.15, 0.2) is 5.82 Å². The Morgan fingerprint density at radius 2 is 1.97 bits per heavy atom. The smallest absolute Gasteiger partial charge is 0.319 e. The lowest BCUT2D eigenvalue weighted by Gasteiger charge is -2.38. The number of likely N-dealkylation sites (tertiary alicyclic amines) is 1. The first-order valence-electron chi connectivity index (χ1n) is 10.5. The molecular formula is C23H26ClN5O3. The van der Waals surface area contributed by atoms with Crippen molar-refractivity contribution in [1.29, 1.82) is 0 Å². The van der Waals surface area contributed by atoms with Crippen LogP contribution in [0.1, 0.15) is 29.6 Å². The number of hydrogen-bond acceptors (Lipinski definition) is 6. The minimum absolute atomic E-state index is 0.0288. The first kappa shape index (κ1) is 22.1. The van der Waals surface area contributed by atoms with E-state index in [4.69, 9.17) is 20.9 Å². The molecule has 0 bridgehead atoms. The number of nitrogens with one attached hydrogen (secondary N) is 2. The SMILES string of the molecule is COc1ccc(C2CN(Cc3noc(C)n3)CCC2NC(=O)Nc2ccc(Cl)cc2)cc1. The minimum atomic E-state index is -0.238. The zero-order valence-corrected chi connectivity index (χ0v) is 18.8. The third kappa shape index (κ3) is 5.57. The van der Waals surface area contributed by atoms with Crippen LogP contribution in [-0.4, -0.2) is 47.3 Å². The lowest BCUT2D eigenvalue weighted by molar-refractivity contribution is 0.164. The summed E-state index contributed by atoms with van der Waals surface area (Å²) in [5.41, 5.74) is 1.83. The van der Waals surface area contributed by atoms with Gasteiger partial charge in [0.1, 0.15) is 5.75 Å². The molecule has 0 radical (unpaired) electrons. The summed E-state index contributed by atoms with van der Waals surface area (Å²) in [5, 5.41) is 10.7. The predicted octanol–water partition coefficient (Wildman–Crippen LogP) is 4.22. The third-order valence-corrected chi connectivity index (χ3v) is 5.85. The molecule has 2 N–H and O–H groups in total. The number of methoxy groups -OCH3 is 1. The lowest BCUT2D eigenvalue weighted by Crippen LogP contribution is -2.50. The Hall–Kier alpha value is -3.10. The van der Waals surface area contributed by atoms with Crippen LogP contribution in [0, 0.1) is 6.92 Å². The van der Waals surface area contributed by atoms with E-state index in [-0.39, 0.29) is 18.0 Å². The highest BCUT2D eigenvalue weighted by Gasteiger charge is 2.32. The van der Waals surface area contributed by atoms with E-state index in [1.165, 1.54) is 0 Å². The Labute approximate surface area is 191 Å². The number of amides is 2. The number of benzene rings is 2. The average molecular weight is 456 g/mol. The summed E-state index contributed by atoms with van der Waals surface area (Å²) >= 11 is 5.93. The largest absolute Gasteiger partial charge is 0.497 e. The van der Waals surface area contributed by atoms with Crippen molar-refractivity contribution in [1.82, 2.24) is 20.4 Å². The summed E-state index contributed by atoms with van der Waals surface area (Å²) in [4.78, 5) is 19.3. The monoisotopic (exact) mass is 455 g/mol. The fraction of sp³-hybridized carbons (Fsp3) is 0.348. The second-order valence-corrected chi connectivity index (χ2v) is 8.28. The van der Waals surface area contributed by atoms with Crippen molar-refractivity contribution in [3.63, 3.8) is 0 Å². The number of aryl methyl sites for hydroxylation is 1. The van der Waals surface area contributed by atoms with Crippen molar-refractivity contribution in [2.45, 2.75) is 31.8 Å². The van der Waals surface area contributed by atoms with E-state index in [9.17, 15) is 4.79 Å². The van der Waals surface area contributed by atoms with Gasteiger partial charge in [-0.25, -0.2) is 4.79 Å². The van der Waals surface area contributed by atoms with Gasteiger partial charge in [0.05, 0.1) is 13.7 Å². The number of rotatable bonds is 6. The molecule has 1 saturated heterocycles. The zero-order chi connectivity index (χ0) is 22.5. The maximum absolute atomic E-state index is 12.7. The van der Waals surface area contributed by atoms with Gasteiger partial charge in [0.25, 0.3) is 0 Å². The molecule has 8 nitrogen and oxygen atoms in total. The van der Waals surface area contributed by atoms with Crippen molar-refractivity contribution in [3.05, 3.63) is 70.8 Å². The first-order valence-corrected chi connectivity index (χ1v) is 10.9. The van der Waals surface area contributed by atoms with Crippen LogP contribution in [0.15, 0.2) is 53.1 Å². The fourth-order valence-corrected chi connectivity index (χ4v) is 4.13. The number of carbonyl (C=O) groups excluding carboxylic acids is 1. The van der Waals surface area contributed by atoms with Gasteiger partial charge in [-0.2, -0.15) is 4.98 Å². The Balaban J connectivity index is 1.47. The minimum Gasteiger partial charge on any atom is -0.497 e. The van der Waals surface area contributed by atoms with Crippen LogP contribution in [0.3, 0.4) is 0 Å². The molecule has 4 rings (SSSR count). The predicted molar refractivity (Wildman–Crippen MR) is 122 cm³/mol. The van der Waals surface area contributed by atoms with Gasteiger partial charge < -0.3 is 19.9 Å². The summed E-state index contributed by atoms with van der Waals surface area (Å²) in [6.07, 6.45) is 0.793. The fourth-order valence-electron chi connectivity index (χ4n) is 4.00. The number of anilines is 1. The van der Waals surface area contributed by atoms with E-state index < -0.39 is 0 Å². The maximum atomic E-state index is 12.7. The van der Waals surface area contributed by atoms with Gasteiger partial charge in [-0.1, -0.05) is 28.9 Å². The molecule has 0 aliphatic carbocycles. The Morgan fingerprint density at radius 1 is 1.22 bits per heavy atom. The van der Waals surface area contributed by atoms with Crippen molar-refractivity contribution < 1.29 is 14.1 Å². The van der Waals surface area contributed by atoms with E-state index in [2.05, 4.69) is 37.8 Å². The van der Waals surface area contributed by atoms with Crippen LogP contribution in [0.25, 0.3) is 0 Å². The van der Waals surface area contributed by atoms with Crippen molar-refractivity contribution in [2.75, 3.05) is 25.5 Å². The molecular weight excluding hydrogens is 430 g/mol. The standard InChI is InChI=1S/C23H26ClN5O3/c1-15-25-22(28-32-15)14-29-12-11-21(20(13-29)16-3-9-19(31-2)10-4-16)27-23(30)26-18-7-5-17(24)6-8-18/h3-10,20-21H,11-14H2,1-2H3,(H2,26,27,30). The maximum Gasteiger partial charge on any atom is 0.319 e. The van der Waals surface area contributed by atoms with Crippen molar-refractivity contribution in [3.8, 4) is 5.75 Å². The molecule has 2 heterocycles. The normalized spacial score (nSPS) is 18.8. The topological polar surface area (TPSA) is 92.5 Å². The second-order valence-electron chi connectivity index (χ2n) is 7.84. The molecule has 32 heavy (non-hydrogen) atoms. The summed E-state index contributed by atoms with van der Waals surface area (Å²) in [6.45, 7) is 3.96. The van der Waals surface area contributed by atoms with Gasteiger partial charge in [0.2, 0.25) is 5.89 Å². The molecule has 3 aromatic rings. The highest BCUT2D eigenvalue weighted by atomic mass is 35.5. The molecule has 1 fully saturated rings.